The number of hydrogen-bond acceptors (Lipinski definition) is 9. The lowest BCUT2D eigenvalue weighted by Gasteiger charge is -2.42. The topological polar surface area (TPSA) is 115 Å². The molecular formula is C27H31N5O5S. The summed E-state index contributed by atoms with van der Waals surface area (Å²) in [5.74, 6) is 1.61. The molecule has 1 aromatic carbocycles. The van der Waals surface area contributed by atoms with E-state index in [1.54, 1.807) is 33.9 Å². The Morgan fingerprint density at radius 2 is 1.84 bits per heavy atom. The first-order chi connectivity index (χ1) is 18.2. The summed E-state index contributed by atoms with van der Waals surface area (Å²) >= 11 is 1.40. The van der Waals surface area contributed by atoms with Crippen molar-refractivity contribution in [3.63, 3.8) is 0 Å². The highest BCUT2D eigenvalue weighted by Crippen LogP contribution is 2.51. The predicted octanol–water partition coefficient (Wildman–Crippen LogP) is 5.30. The van der Waals surface area contributed by atoms with Crippen molar-refractivity contribution in [1.29, 1.82) is 0 Å². The van der Waals surface area contributed by atoms with Crippen LogP contribution in [0.25, 0.3) is 0 Å². The third-order valence-electron chi connectivity index (χ3n) is 6.56. The average Bonchev–Trinajstić information content (AvgIpc) is 3.38. The molecule has 2 aliphatic rings. The maximum Gasteiger partial charge on any atom is 0.413 e. The van der Waals surface area contributed by atoms with E-state index in [1.807, 2.05) is 35.2 Å². The number of hydrogen-bond donors (Lipinski definition) is 2. The summed E-state index contributed by atoms with van der Waals surface area (Å²) in [6.45, 7) is 7.07. The van der Waals surface area contributed by atoms with Crippen LogP contribution in [0, 0.1) is 0 Å². The van der Waals surface area contributed by atoms with Crippen LogP contribution in [0.4, 0.5) is 21.4 Å². The predicted molar refractivity (Wildman–Crippen MR) is 144 cm³/mol. The lowest BCUT2D eigenvalue weighted by Crippen LogP contribution is -2.47. The number of benzene rings is 1. The molecule has 1 spiro atoms. The molecule has 1 fully saturated rings. The molecule has 200 valence electrons. The summed E-state index contributed by atoms with van der Waals surface area (Å²) in [5, 5.41) is 6.69. The van der Waals surface area contributed by atoms with Gasteiger partial charge in [0.15, 0.2) is 0 Å². The van der Waals surface area contributed by atoms with E-state index >= 15 is 0 Å². The first-order valence-electron chi connectivity index (χ1n) is 12.4. The van der Waals surface area contributed by atoms with E-state index in [0.717, 1.165) is 39.6 Å². The minimum absolute atomic E-state index is 0.0192. The van der Waals surface area contributed by atoms with Crippen LogP contribution in [-0.2, 0) is 21.6 Å². The number of thiophene rings is 1. The van der Waals surface area contributed by atoms with Crippen molar-refractivity contribution in [3.05, 3.63) is 58.7 Å². The van der Waals surface area contributed by atoms with Crippen LogP contribution in [0.1, 0.15) is 54.4 Å². The Labute approximate surface area is 225 Å². The number of nitrogens with zero attached hydrogens (tertiary/aromatic N) is 3. The zero-order chi connectivity index (χ0) is 26.9. The van der Waals surface area contributed by atoms with Gasteiger partial charge in [-0.3, -0.25) is 10.1 Å². The number of rotatable bonds is 6. The normalized spacial score (nSPS) is 16.3. The Morgan fingerprint density at radius 1 is 1.13 bits per heavy atom. The number of amides is 2. The largest absolute Gasteiger partial charge is 0.497 e. The van der Waals surface area contributed by atoms with Gasteiger partial charge in [-0.2, -0.15) is 0 Å². The summed E-state index contributed by atoms with van der Waals surface area (Å²) in [6.07, 6.45) is 2.23. The molecule has 38 heavy (non-hydrogen) atoms. The molecule has 0 saturated carbocycles. The second kappa shape index (κ2) is 10.2. The van der Waals surface area contributed by atoms with Crippen molar-refractivity contribution in [2.45, 2.75) is 51.3 Å². The van der Waals surface area contributed by atoms with Gasteiger partial charge in [0, 0.05) is 31.4 Å². The van der Waals surface area contributed by atoms with Gasteiger partial charge in [0.1, 0.15) is 29.3 Å². The number of anilines is 3. The molecule has 1 saturated heterocycles. The van der Waals surface area contributed by atoms with Crippen LogP contribution in [0.2, 0.25) is 0 Å². The molecule has 2 aliphatic heterocycles. The van der Waals surface area contributed by atoms with Crippen molar-refractivity contribution in [2.24, 2.45) is 0 Å². The second-order valence-corrected chi connectivity index (χ2v) is 11.3. The van der Waals surface area contributed by atoms with E-state index in [1.165, 1.54) is 17.7 Å². The van der Waals surface area contributed by atoms with Gasteiger partial charge >= 0.3 is 6.09 Å². The summed E-state index contributed by atoms with van der Waals surface area (Å²) in [7, 11) is 1.64. The molecule has 10 nitrogen and oxygen atoms in total. The number of carbonyl (C=O) groups is 2. The van der Waals surface area contributed by atoms with Crippen LogP contribution in [0.3, 0.4) is 0 Å². The summed E-state index contributed by atoms with van der Waals surface area (Å²) in [6, 6.07) is 11.5. The molecule has 0 unspecified atom stereocenters. The van der Waals surface area contributed by atoms with Gasteiger partial charge in [0.25, 0.3) is 5.91 Å². The van der Waals surface area contributed by atoms with Crippen LogP contribution >= 0.6 is 11.3 Å². The van der Waals surface area contributed by atoms with Crippen molar-refractivity contribution in [2.75, 3.05) is 31.0 Å². The fourth-order valence-electron chi connectivity index (χ4n) is 4.83. The van der Waals surface area contributed by atoms with Crippen LogP contribution < -0.4 is 15.4 Å². The first kappa shape index (κ1) is 25.9. The lowest BCUT2D eigenvalue weighted by molar-refractivity contribution is -0.0179. The van der Waals surface area contributed by atoms with E-state index in [-0.39, 0.29) is 5.91 Å². The number of fused-ring (bicyclic) bond motifs is 2. The van der Waals surface area contributed by atoms with Gasteiger partial charge in [0.05, 0.1) is 22.5 Å². The maximum absolute atomic E-state index is 13.7. The minimum Gasteiger partial charge on any atom is -0.497 e. The number of methoxy groups -OCH3 is 1. The van der Waals surface area contributed by atoms with Crippen LogP contribution in [0.5, 0.6) is 5.75 Å². The molecule has 5 rings (SSSR count). The highest BCUT2D eigenvalue weighted by Gasteiger charge is 2.51. The Balaban J connectivity index is 1.36. The summed E-state index contributed by atoms with van der Waals surface area (Å²) in [5.41, 5.74) is 1.03. The molecule has 2 aromatic heterocycles. The van der Waals surface area contributed by atoms with E-state index in [0.29, 0.717) is 31.4 Å². The van der Waals surface area contributed by atoms with Crippen LogP contribution in [-0.4, -0.2) is 52.8 Å². The highest BCUT2D eigenvalue weighted by atomic mass is 32.1. The SMILES string of the molecule is COc1ccc(CN2C(=O)c3sc(Nc4cc(NC(=O)OC(C)(C)C)ncn4)cc3C23CCOCC3)cc1. The van der Waals surface area contributed by atoms with E-state index < -0.39 is 17.2 Å². The zero-order valence-electron chi connectivity index (χ0n) is 21.9. The molecule has 0 radical (unpaired) electrons. The van der Waals surface area contributed by atoms with Gasteiger partial charge in [-0.1, -0.05) is 12.1 Å². The number of nitrogens with one attached hydrogen (secondary N) is 2. The first-order valence-corrected chi connectivity index (χ1v) is 13.2. The number of aromatic nitrogens is 2. The van der Waals surface area contributed by atoms with E-state index in [4.69, 9.17) is 14.2 Å². The molecular weight excluding hydrogens is 506 g/mol. The fraction of sp³-hybridized carbons (Fsp3) is 0.407. The molecule has 0 bridgehead atoms. The van der Waals surface area contributed by atoms with Crippen molar-refractivity contribution < 1.29 is 23.8 Å². The highest BCUT2D eigenvalue weighted by molar-refractivity contribution is 7.18. The zero-order valence-corrected chi connectivity index (χ0v) is 22.7. The monoisotopic (exact) mass is 537 g/mol. The molecule has 3 aromatic rings. The molecule has 11 heteroatoms. The molecule has 0 atom stereocenters. The smallest absolute Gasteiger partial charge is 0.413 e. The maximum atomic E-state index is 13.7. The summed E-state index contributed by atoms with van der Waals surface area (Å²) in [4.78, 5) is 36.9. The third kappa shape index (κ3) is 5.30. The van der Waals surface area contributed by atoms with Crippen molar-refractivity contribution in [3.8, 4) is 5.75 Å². The van der Waals surface area contributed by atoms with E-state index in [2.05, 4.69) is 20.6 Å². The Kier molecular flexibility index (Phi) is 6.97. The van der Waals surface area contributed by atoms with Gasteiger partial charge in [-0.15, -0.1) is 11.3 Å². The number of carbonyl (C=O) groups excluding carboxylic acids is 2. The van der Waals surface area contributed by atoms with E-state index in [9.17, 15) is 9.59 Å². The Bertz CT molecular complexity index is 1330. The standard InChI is InChI=1S/C27H31N5O5S/c1-26(2,3)37-25(34)31-21-14-20(28-16-29-21)30-22-13-19-23(38-22)24(33)32(27(19)9-11-36-12-10-27)15-17-5-7-18(35-4)8-6-17/h5-8,13-14,16H,9-12,15H2,1-4H3,(H2,28,29,30,31,34). The molecule has 2 amide bonds. The van der Waals surface area contributed by atoms with Gasteiger partial charge in [0.2, 0.25) is 0 Å². The molecule has 0 aliphatic carbocycles. The Hall–Kier alpha value is -3.70. The second-order valence-electron chi connectivity index (χ2n) is 10.3. The average molecular weight is 538 g/mol. The van der Waals surface area contributed by atoms with Crippen LogP contribution in [0.15, 0.2) is 42.7 Å². The van der Waals surface area contributed by atoms with Crippen molar-refractivity contribution >= 4 is 40.0 Å². The molecule has 2 N–H and O–H groups in total. The number of ether oxygens (including phenoxy) is 3. The summed E-state index contributed by atoms with van der Waals surface area (Å²) < 4.78 is 16.3. The third-order valence-corrected chi connectivity index (χ3v) is 7.60. The lowest BCUT2D eigenvalue weighted by atomic mass is 9.84. The Morgan fingerprint density at radius 3 is 2.53 bits per heavy atom. The van der Waals surface area contributed by atoms with Gasteiger partial charge < -0.3 is 24.4 Å². The van der Waals surface area contributed by atoms with Crippen molar-refractivity contribution in [1.82, 2.24) is 14.9 Å². The fourth-order valence-corrected chi connectivity index (χ4v) is 5.94. The quantitative estimate of drug-likeness (QED) is 0.435. The minimum atomic E-state index is -0.621. The molecule has 4 heterocycles. The van der Waals surface area contributed by atoms with Gasteiger partial charge in [-0.05, 0) is 57.4 Å². The van der Waals surface area contributed by atoms with Gasteiger partial charge in [-0.25, -0.2) is 14.8 Å².